The first-order chi connectivity index (χ1) is 10.6. The van der Waals surface area contributed by atoms with E-state index in [9.17, 15) is 4.79 Å². The van der Waals surface area contributed by atoms with Gasteiger partial charge >= 0.3 is 0 Å². The van der Waals surface area contributed by atoms with Crippen LogP contribution >= 0.6 is 0 Å². The summed E-state index contributed by atoms with van der Waals surface area (Å²) in [6, 6.07) is 5.66. The second-order valence-corrected chi connectivity index (χ2v) is 6.62. The number of amides is 1. The van der Waals surface area contributed by atoms with Crippen LogP contribution in [0, 0.1) is 17.8 Å². The van der Waals surface area contributed by atoms with Crippen molar-refractivity contribution in [3.8, 4) is 11.5 Å². The number of benzene rings is 1. The number of rotatable bonds is 5. The SMILES string of the molecule is COc1ccc(C(C)NC(=O)C2CC3CCC2C3)c(OC)c1. The highest BCUT2D eigenvalue weighted by Crippen LogP contribution is 2.48. The average Bonchev–Trinajstić information content (AvgIpc) is 3.17. The predicted molar refractivity (Wildman–Crippen MR) is 85.0 cm³/mol. The Morgan fingerprint density at radius 3 is 2.64 bits per heavy atom. The molecule has 2 aliphatic rings. The summed E-state index contributed by atoms with van der Waals surface area (Å²) < 4.78 is 10.7. The summed E-state index contributed by atoms with van der Waals surface area (Å²) >= 11 is 0. The fourth-order valence-electron chi connectivity index (χ4n) is 4.14. The van der Waals surface area contributed by atoms with Crippen LogP contribution in [0.3, 0.4) is 0 Å². The summed E-state index contributed by atoms with van der Waals surface area (Å²) in [7, 11) is 3.28. The van der Waals surface area contributed by atoms with Gasteiger partial charge in [0.2, 0.25) is 5.91 Å². The molecule has 1 aromatic carbocycles. The van der Waals surface area contributed by atoms with E-state index >= 15 is 0 Å². The lowest BCUT2D eigenvalue weighted by atomic mass is 9.88. The highest BCUT2D eigenvalue weighted by atomic mass is 16.5. The standard InChI is InChI=1S/C18H25NO3/c1-11(15-7-6-14(21-2)10-17(15)22-3)19-18(20)16-9-12-4-5-13(16)8-12/h6-7,10-13,16H,4-5,8-9H2,1-3H3,(H,19,20). The first kappa shape index (κ1) is 15.2. The second kappa shape index (κ2) is 6.19. The van der Waals surface area contributed by atoms with Gasteiger partial charge in [0.15, 0.2) is 0 Å². The monoisotopic (exact) mass is 303 g/mol. The Hall–Kier alpha value is -1.71. The van der Waals surface area contributed by atoms with Crippen molar-refractivity contribution in [2.45, 2.75) is 38.6 Å². The van der Waals surface area contributed by atoms with Gasteiger partial charge in [0.05, 0.1) is 20.3 Å². The Balaban J connectivity index is 1.69. The lowest BCUT2D eigenvalue weighted by Gasteiger charge is -2.24. The van der Waals surface area contributed by atoms with E-state index in [-0.39, 0.29) is 17.9 Å². The molecule has 2 fully saturated rings. The van der Waals surface area contributed by atoms with Gasteiger partial charge in [-0.05, 0) is 50.2 Å². The summed E-state index contributed by atoms with van der Waals surface area (Å²) in [5, 5.41) is 3.18. The van der Waals surface area contributed by atoms with E-state index in [1.165, 1.54) is 19.3 Å². The first-order valence-electron chi connectivity index (χ1n) is 8.14. The van der Waals surface area contributed by atoms with E-state index in [1.807, 2.05) is 25.1 Å². The molecule has 0 aromatic heterocycles. The molecule has 4 heteroatoms. The number of carbonyl (C=O) groups is 1. The van der Waals surface area contributed by atoms with E-state index in [1.54, 1.807) is 14.2 Å². The first-order valence-corrected chi connectivity index (χ1v) is 8.14. The second-order valence-electron chi connectivity index (χ2n) is 6.62. The minimum absolute atomic E-state index is 0.0625. The molecule has 0 spiro atoms. The molecule has 1 amide bonds. The van der Waals surface area contributed by atoms with Crippen molar-refractivity contribution in [1.82, 2.24) is 5.32 Å². The molecular weight excluding hydrogens is 278 g/mol. The van der Waals surface area contributed by atoms with Gasteiger partial charge in [0, 0.05) is 17.5 Å². The highest BCUT2D eigenvalue weighted by molar-refractivity contribution is 5.80. The van der Waals surface area contributed by atoms with Crippen LogP contribution in [0.2, 0.25) is 0 Å². The molecule has 2 aliphatic carbocycles. The highest BCUT2D eigenvalue weighted by Gasteiger charge is 2.43. The van der Waals surface area contributed by atoms with E-state index in [4.69, 9.17) is 9.47 Å². The smallest absolute Gasteiger partial charge is 0.223 e. The van der Waals surface area contributed by atoms with Gasteiger partial charge < -0.3 is 14.8 Å². The topological polar surface area (TPSA) is 47.6 Å². The molecule has 4 atom stereocenters. The Kier molecular flexibility index (Phi) is 4.27. The molecule has 3 rings (SSSR count). The maximum atomic E-state index is 12.6. The molecule has 1 N–H and O–H groups in total. The number of nitrogens with one attached hydrogen (secondary N) is 1. The van der Waals surface area contributed by atoms with Gasteiger partial charge in [-0.3, -0.25) is 4.79 Å². The summed E-state index contributed by atoms with van der Waals surface area (Å²) in [4.78, 5) is 12.6. The van der Waals surface area contributed by atoms with Gasteiger partial charge in [-0.2, -0.15) is 0 Å². The predicted octanol–water partition coefficient (Wildman–Crippen LogP) is 3.32. The zero-order chi connectivity index (χ0) is 15.7. The van der Waals surface area contributed by atoms with Crippen LogP contribution in [0.5, 0.6) is 11.5 Å². The number of fused-ring (bicyclic) bond motifs is 2. The van der Waals surface area contributed by atoms with E-state index < -0.39 is 0 Å². The fraction of sp³-hybridized carbons (Fsp3) is 0.611. The summed E-state index contributed by atoms with van der Waals surface area (Å²) in [5.74, 6) is 3.32. The number of hydrogen-bond donors (Lipinski definition) is 1. The maximum Gasteiger partial charge on any atom is 0.223 e. The van der Waals surface area contributed by atoms with Gasteiger partial charge in [-0.25, -0.2) is 0 Å². The van der Waals surface area contributed by atoms with Crippen LogP contribution in [0.15, 0.2) is 18.2 Å². The molecule has 0 radical (unpaired) electrons. The van der Waals surface area contributed by atoms with Crippen LogP contribution in [-0.2, 0) is 4.79 Å². The summed E-state index contributed by atoms with van der Waals surface area (Å²) in [5.41, 5.74) is 0.986. The summed E-state index contributed by atoms with van der Waals surface area (Å²) in [6.07, 6.45) is 4.86. The third-order valence-corrected chi connectivity index (χ3v) is 5.34. The van der Waals surface area contributed by atoms with Crippen molar-refractivity contribution >= 4 is 5.91 Å². The van der Waals surface area contributed by atoms with Crippen molar-refractivity contribution < 1.29 is 14.3 Å². The van der Waals surface area contributed by atoms with Crippen molar-refractivity contribution in [3.63, 3.8) is 0 Å². The van der Waals surface area contributed by atoms with Gasteiger partial charge in [-0.1, -0.05) is 6.42 Å². The lowest BCUT2D eigenvalue weighted by molar-refractivity contribution is -0.127. The van der Waals surface area contributed by atoms with Crippen molar-refractivity contribution in [2.75, 3.05) is 14.2 Å². The number of ether oxygens (including phenoxy) is 2. The Morgan fingerprint density at radius 2 is 2.05 bits per heavy atom. The number of methoxy groups -OCH3 is 2. The van der Waals surface area contributed by atoms with Gasteiger partial charge in [-0.15, -0.1) is 0 Å². The normalized spacial score (nSPS) is 27.5. The number of carbonyl (C=O) groups excluding carboxylic acids is 1. The van der Waals surface area contributed by atoms with Gasteiger partial charge in [0.25, 0.3) is 0 Å². The van der Waals surface area contributed by atoms with Crippen molar-refractivity contribution in [1.29, 1.82) is 0 Å². The van der Waals surface area contributed by atoms with E-state index in [2.05, 4.69) is 5.32 Å². The molecule has 4 unspecified atom stereocenters. The van der Waals surface area contributed by atoms with Crippen LogP contribution in [0.1, 0.15) is 44.2 Å². The van der Waals surface area contributed by atoms with E-state index in [0.29, 0.717) is 5.92 Å². The molecule has 1 aromatic rings. The molecule has 2 bridgehead atoms. The van der Waals surface area contributed by atoms with Crippen molar-refractivity contribution in [3.05, 3.63) is 23.8 Å². The Bertz CT molecular complexity index is 557. The minimum atomic E-state index is -0.0625. The molecule has 0 saturated heterocycles. The van der Waals surface area contributed by atoms with Crippen LogP contribution in [-0.4, -0.2) is 20.1 Å². The van der Waals surface area contributed by atoms with E-state index in [0.717, 1.165) is 29.4 Å². The number of hydrogen-bond acceptors (Lipinski definition) is 3. The Labute approximate surface area is 132 Å². The largest absolute Gasteiger partial charge is 0.497 e. The van der Waals surface area contributed by atoms with Crippen molar-refractivity contribution in [2.24, 2.45) is 17.8 Å². The molecule has 0 heterocycles. The Morgan fingerprint density at radius 1 is 1.23 bits per heavy atom. The molecular formula is C18H25NO3. The fourth-order valence-corrected chi connectivity index (χ4v) is 4.14. The van der Waals surface area contributed by atoms with Gasteiger partial charge in [0.1, 0.15) is 11.5 Å². The van der Waals surface area contributed by atoms with Crippen LogP contribution < -0.4 is 14.8 Å². The zero-order valence-electron chi connectivity index (χ0n) is 13.6. The van der Waals surface area contributed by atoms with Crippen LogP contribution in [0.4, 0.5) is 0 Å². The van der Waals surface area contributed by atoms with Crippen LogP contribution in [0.25, 0.3) is 0 Å². The average molecular weight is 303 g/mol. The molecule has 4 nitrogen and oxygen atoms in total. The third kappa shape index (κ3) is 2.79. The molecule has 0 aliphatic heterocycles. The third-order valence-electron chi connectivity index (χ3n) is 5.34. The minimum Gasteiger partial charge on any atom is -0.497 e. The summed E-state index contributed by atoms with van der Waals surface area (Å²) in [6.45, 7) is 2.01. The molecule has 2 saturated carbocycles. The molecule has 120 valence electrons. The molecule has 22 heavy (non-hydrogen) atoms. The maximum absolute atomic E-state index is 12.6. The lowest BCUT2D eigenvalue weighted by Crippen LogP contribution is -2.35. The zero-order valence-corrected chi connectivity index (χ0v) is 13.6. The quantitative estimate of drug-likeness (QED) is 0.907.